The van der Waals surface area contributed by atoms with Crippen molar-refractivity contribution in [3.8, 4) is 5.75 Å². The molecule has 1 aliphatic heterocycles. The first-order valence-electron chi connectivity index (χ1n) is 9.10. The summed E-state index contributed by atoms with van der Waals surface area (Å²) in [6, 6.07) is 8.77. The number of hydrogen-bond acceptors (Lipinski definition) is 4. The van der Waals surface area contributed by atoms with E-state index >= 15 is 0 Å². The molecule has 0 spiro atoms. The van der Waals surface area contributed by atoms with E-state index in [1.54, 1.807) is 0 Å². The Balaban J connectivity index is 1.81. The van der Waals surface area contributed by atoms with Gasteiger partial charge in [0.05, 0.1) is 0 Å². The second-order valence-electron chi connectivity index (χ2n) is 6.55. The zero-order chi connectivity index (χ0) is 16.5. The summed E-state index contributed by atoms with van der Waals surface area (Å²) >= 11 is 0. The minimum atomic E-state index is 0.292. The first kappa shape index (κ1) is 18.2. The highest BCUT2D eigenvalue weighted by molar-refractivity contribution is 5.29. The van der Waals surface area contributed by atoms with Gasteiger partial charge in [-0.15, -0.1) is 0 Å². The van der Waals surface area contributed by atoms with Gasteiger partial charge in [-0.3, -0.25) is 9.80 Å². The molecule has 130 valence electrons. The van der Waals surface area contributed by atoms with Gasteiger partial charge < -0.3 is 10.5 Å². The topological polar surface area (TPSA) is 41.7 Å². The van der Waals surface area contributed by atoms with Crippen molar-refractivity contribution in [1.29, 1.82) is 0 Å². The summed E-state index contributed by atoms with van der Waals surface area (Å²) in [4.78, 5) is 4.83. The standard InChI is InChI=1S/C19H33N3O/c1-3-4-11-21(2)19(16-20)17-7-9-18(10-8-17)23-15-14-22-12-5-6-13-22/h7-10,19H,3-6,11-16,20H2,1-2H3. The van der Waals surface area contributed by atoms with Crippen LogP contribution >= 0.6 is 0 Å². The molecule has 1 aromatic carbocycles. The summed E-state index contributed by atoms with van der Waals surface area (Å²) in [7, 11) is 2.16. The molecule has 2 N–H and O–H groups in total. The van der Waals surface area contributed by atoms with Crippen LogP contribution in [0, 0.1) is 0 Å². The van der Waals surface area contributed by atoms with E-state index in [0.29, 0.717) is 12.6 Å². The molecule has 4 heteroatoms. The number of likely N-dealkylation sites (N-methyl/N-ethyl adjacent to an activating group) is 1. The van der Waals surface area contributed by atoms with E-state index in [1.165, 1.54) is 44.3 Å². The molecule has 0 radical (unpaired) electrons. The third-order valence-electron chi connectivity index (χ3n) is 4.76. The monoisotopic (exact) mass is 319 g/mol. The highest BCUT2D eigenvalue weighted by Gasteiger charge is 2.15. The molecular weight excluding hydrogens is 286 g/mol. The predicted octanol–water partition coefficient (Wildman–Crippen LogP) is 2.89. The molecule has 0 amide bonds. The Kier molecular flexibility index (Phi) is 7.86. The molecule has 1 aliphatic rings. The number of hydrogen-bond donors (Lipinski definition) is 1. The molecule has 0 aromatic heterocycles. The lowest BCUT2D eigenvalue weighted by Gasteiger charge is -2.27. The van der Waals surface area contributed by atoms with E-state index in [1.807, 2.05) is 0 Å². The smallest absolute Gasteiger partial charge is 0.119 e. The van der Waals surface area contributed by atoms with E-state index in [-0.39, 0.29) is 0 Å². The van der Waals surface area contributed by atoms with Crippen molar-refractivity contribution < 1.29 is 4.74 Å². The van der Waals surface area contributed by atoms with E-state index in [2.05, 4.69) is 48.0 Å². The summed E-state index contributed by atoms with van der Waals surface area (Å²) in [6.07, 6.45) is 5.09. The molecule has 0 bridgehead atoms. The van der Waals surface area contributed by atoms with Crippen LogP contribution in [0.15, 0.2) is 24.3 Å². The first-order chi connectivity index (χ1) is 11.2. The Morgan fingerprint density at radius 3 is 2.52 bits per heavy atom. The molecule has 23 heavy (non-hydrogen) atoms. The molecule has 1 unspecified atom stereocenters. The second kappa shape index (κ2) is 9.91. The van der Waals surface area contributed by atoms with Crippen LogP contribution in [0.1, 0.15) is 44.2 Å². The van der Waals surface area contributed by atoms with Gasteiger partial charge in [-0.2, -0.15) is 0 Å². The van der Waals surface area contributed by atoms with Crippen LogP contribution in [-0.4, -0.2) is 56.2 Å². The highest BCUT2D eigenvalue weighted by atomic mass is 16.5. The molecule has 1 atom stereocenters. The van der Waals surface area contributed by atoms with Crippen molar-refractivity contribution in [2.24, 2.45) is 5.73 Å². The average molecular weight is 319 g/mol. The normalized spacial score (nSPS) is 16.9. The molecular formula is C19H33N3O. The summed E-state index contributed by atoms with van der Waals surface area (Å²) in [6.45, 7) is 8.22. The Hall–Kier alpha value is -1.10. The predicted molar refractivity (Wildman–Crippen MR) is 96.9 cm³/mol. The zero-order valence-corrected chi connectivity index (χ0v) is 14.8. The quantitative estimate of drug-likeness (QED) is 0.720. The maximum absolute atomic E-state index is 5.99. The molecule has 1 heterocycles. The summed E-state index contributed by atoms with van der Waals surface area (Å²) < 4.78 is 5.88. The first-order valence-corrected chi connectivity index (χ1v) is 9.10. The van der Waals surface area contributed by atoms with Crippen molar-refractivity contribution in [3.63, 3.8) is 0 Å². The third-order valence-corrected chi connectivity index (χ3v) is 4.76. The number of nitrogens with two attached hydrogens (primary N) is 1. The molecule has 1 aromatic rings. The van der Waals surface area contributed by atoms with Crippen LogP contribution in [0.4, 0.5) is 0 Å². The van der Waals surface area contributed by atoms with Crippen LogP contribution in [0.2, 0.25) is 0 Å². The molecule has 1 saturated heterocycles. The lowest BCUT2D eigenvalue weighted by atomic mass is 10.1. The second-order valence-corrected chi connectivity index (χ2v) is 6.55. The van der Waals surface area contributed by atoms with Crippen LogP contribution in [0.25, 0.3) is 0 Å². The van der Waals surface area contributed by atoms with Gasteiger partial charge in [0, 0.05) is 19.1 Å². The molecule has 0 saturated carbocycles. The van der Waals surface area contributed by atoms with Gasteiger partial charge in [-0.25, -0.2) is 0 Å². The number of likely N-dealkylation sites (tertiary alicyclic amines) is 1. The summed E-state index contributed by atoms with van der Waals surface area (Å²) in [5, 5.41) is 0. The van der Waals surface area contributed by atoms with Crippen molar-refractivity contribution in [1.82, 2.24) is 9.80 Å². The molecule has 1 fully saturated rings. The van der Waals surface area contributed by atoms with Gasteiger partial charge in [0.2, 0.25) is 0 Å². The lowest BCUT2D eigenvalue weighted by Crippen LogP contribution is -2.31. The van der Waals surface area contributed by atoms with Crippen LogP contribution in [-0.2, 0) is 0 Å². The number of unbranched alkanes of at least 4 members (excludes halogenated alkanes) is 1. The average Bonchev–Trinajstić information content (AvgIpc) is 3.08. The van der Waals surface area contributed by atoms with Gasteiger partial charge in [-0.1, -0.05) is 25.5 Å². The Morgan fingerprint density at radius 1 is 1.22 bits per heavy atom. The van der Waals surface area contributed by atoms with Gasteiger partial charge in [0.25, 0.3) is 0 Å². The summed E-state index contributed by atoms with van der Waals surface area (Å²) in [5.74, 6) is 0.958. The molecule has 2 rings (SSSR count). The van der Waals surface area contributed by atoms with Crippen LogP contribution < -0.4 is 10.5 Å². The van der Waals surface area contributed by atoms with Crippen molar-refractivity contribution >= 4 is 0 Å². The Morgan fingerprint density at radius 2 is 1.91 bits per heavy atom. The maximum atomic E-state index is 5.99. The van der Waals surface area contributed by atoms with Crippen molar-refractivity contribution in [3.05, 3.63) is 29.8 Å². The number of benzene rings is 1. The fourth-order valence-corrected chi connectivity index (χ4v) is 3.22. The Labute approximate surface area is 141 Å². The lowest BCUT2D eigenvalue weighted by molar-refractivity contribution is 0.236. The zero-order valence-electron chi connectivity index (χ0n) is 14.8. The van der Waals surface area contributed by atoms with Crippen LogP contribution in [0.3, 0.4) is 0 Å². The summed E-state index contributed by atoms with van der Waals surface area (Å²) in [5.41, 5.74) is 7.26. The minimum absolute atomic E-state index is 0.292. The third kappa shape index (κ3) is 5.79. The number of rotatable bonds is 10. The van der Waals surface area contributed by atoms with E-state index in [4.69, 9.17) is 10.5 Å². The van der Waals surface area contributed by atoms with Crippen molar-refractivity contribution in [2.45, 2.75) is 38.6 Å². The van der Waals surface area contributed by atoms with Gasteiger partial charge in [0.1, 0.15) is 12.4 Å². The highest BCUT2D eigenvalue weighted by Crippen LogP contribution is 2.22. The maximum Gasteiger partial charge on any atom is 0.119 e. The molecule has 4 nitrogen and oxygen atoms in total. The van der Waals surface area contributed by atoms with Gasteiger partial charge in [0.15, 0.2) is 0 Å². The SMILES string of the molecule is CCCCN(C)C(CN)c1ccc(OCCN2CCCC2)cc1. The van der Waals surface area contributed by atoms with E-state index < -0.39 is 0 Å². The van der Waals surface area contributed by atoms with Crippen LogP contribution in [0.5, 0.6) is 5.75 Å². The molecule has 0 aliphatic carbocycles. The van der Waals surface area contributed by atoms with E-state index in [9.17, 15) is 0 Å². The fourth-order valence-electron chi connectivity index (χ4n) is 3.22. The Bertz CT molecular complexity index is 429. The van der Waals surface area contributed by atoms with Gasteiger partial charge >= 0.3 is 0 Å². The van der Waals surface area contributed by atoms with E-state index in [0.717, 1.165) is 25.4 Å². The largest absolute Gasteiger partial charge is 0.492 e. The number of nitrogens with zero attached hydrogens (tertiary/aromatic N) is 2. The fraction of sp³-hybridized carbons (Fsp3) is 0.684. The van der Waals surface area contributed by atoms with Crippen molar-refractivity contribution in [2.75, 3.05) is 46.4 Å². The van der Waals surface area contributed by atoms with Gasteiger partial charge in [-0.05, 0) is 63.6 Å². The number of ether oxygens (including phenoxy) is 1. The minimum Gasteiger partial charge on any atom is -0.492 e.